The second-order valence-corrected chi connectivity index (χ2v) is 30.9. The summed E-state index contributed by atoms with van der Waals surface area (Å²) < 4.78 is 68.4. The number of aliphatic hydroxyl groups excluding tert-OH is 1. The first-order valence-corrected chi connectivity index (χ1v) is 42.0. The SMILES string of the molecule is CCCCCCCCCCCCCC(=O)OC[C@H](COP(=O)(O)OC[C@H](O)COP(=O)(O)OC[C@@H](COC(=O)CCCCCCCCCCC(C)C)OC(=O)CCCCCCCCCCCCCCCCCCCCC(C)C)OC(=O)CCCCCCCCCCCCC. The van der Waals surface area contributed by atoms with Crippen molar-refractivity contribution < 1.29 is 80.2 Å². The van der Waals surface area contributed by atoms with Gasteiger partial charge in [0.25, 0.3) is 0 Å². The lowest BCUT2D eigenvalue weighted by Gasteiger charge is -2.21. The zero-order valence-corrected chi connectivity index (χ0v) is 63.1. The summed E-state index contributed by atoms with van der Waals surface area (Å²) in [6.07, 6.45) is 54.1. The number of unbranched alkanes of at least 4 members (excludes halogenated alkanes) is 44. The molecule has 0 radical (unpaired) electrons. The Balaban J connectivity index is 5.18. The molecule has 0 heterocycles. The summed E-state index contributed by atoms with van der Waals surface area (Å²) in [5.74, 6) is -0.571. The molecule has 19 heteroatoms. The zero-order valence-electron chi connectivity index (χ0n) is 61.3. The van der Waals surface area contributed by atoms with Crippen molar-refractivity contribution in [3.8, 4) is 0 Å². The fraction of sp³-hybridized carbons (Fsp3) is 0.947. The van der Waals surface area contributed by atoms with Crippen LogP contribution in [0.1, 0.15) is 388 Å². The highest BCUT2D eigenvalue weighted by Gasteiger charge is 2.30. The average Bonchev–Trinajstić information content (AvgIpc) is 2.53. The Morgan fingerprint density at radius 3 is 0.723 bits per heavy atom. The topological polar surface area (TPSA) is 237 Å². The van der Waals surface area contributed by atoms with E-state index < -0.39 is 97.5 Å². The van der Waals surface area contributed by atoms with Crippen LogP contribution in [0.2, 0.25) is 0 Å². The molecular formula is C75H146O17P2. The molecule has 0 saturated carbocycles. The number of esters is 4. The van der Waals surface area contributed by atoms with E-state index in [1.807, 2.05) is 0 Å². The van der Waals surface area contributed by atoms with E-state index in [1.165, 1.54) is 205 Å². The molecule has 3 N–H and O–H groups in total. The molecule has 0 rings (SSSR count). The lowest BCUT2D eigenvalue weighted by molar-refractivity contribution is -0.161. The zero-order chi connectivity index (χ0) is 69.3. The second-order valence-electron chi connectivity index (χ2n) is 28.0. The van der Waals surface area contributed by atoms with E-state index in [0.717, 1.165) is 102 Å². The van der Waals surface area contributed by atoms with Crippen LogP contribution in [0.15, 0.2) is 0 Å². The van der Waals surface area contributed by atoms with Crippen molar-refractivity contribution in [1.82, 2.24) is 0 Å². The molecule has 0 amide bonds. The Morgan fingerprint density at radius 1 is 0.287 bits per heavy atom. The number of hydrogen-bond acceptors (Lipinski definition) is 15. The van der Waals surface area contributed by atoms with Gasteiger partial charge in [0.15, 0.2) is 12.2 Å². The van der Waals surface area contributed by atoms with Gasteiger partial charge in [-0.25, -0.2) is 9.13 Å². The van der Waals surface area contributed by atoms with Gasteiger partial charge in [-0.05, 0) is 37.5 Å². The standard InChI is InChI=1S/C75H146O17P2/c1-7-9-11-13-15-17-27-32-39-45-51-57-72(77)85-63-70(91-74(79)59-53-47-41-33-28-18-16-14-12-10-8-2)65-89-93(81,82)87-61-69(76)62-88-94(83,84)90-66-71(64-86-73(78)58-52-46-40-36-35-38-44-50-56-68(5)6)92-75(80)60-54-48-42-34-30-26-24-22-20-19-21-23-25-29-31-37-43-49-55-67(3)4/h67-71,76H,7-66H2,1-6H3,(H,81,82)(H,83,84)/t69-,70+,71+/m0/s1. The third kappa shape index (κ3) is 68.6. The highest BCUT2D eigenvalue weighted by atomic mass is 31.2. The molecule has 0 saturated heterocycles. The maximum atomic E-state index is 13.1. The Bertz CT molecular complexity index is 1820. The van der Waals surface area contributed by atoms with Crippen LogP contribution in [0.5, 0.6) is 0 Å². The first kappa shape index (κ1) is 92.1. The van der Waals surface area contributed by atoms with Gasteiger partial charge in [0.05, 0.1) is 26.4 Å². The summed E-state index contributed by atoms with van der Waals surface area (Å²) in [6.45, 7) is 9.58. The van der Waals surface area contributed by atoms with Gasteiger partial charge in [0.2, 0.25) is 0 Å². The molecule has 0 aromatic carbocycles. The first-order valence-electron chi connectivity index (χ1n) is 39.0. The van der Waals surface area contributed by atoms with E-state index in [9.17, 15) is 43.2 Å². The highest BCUT2D eigenvalue weighted by Crippen LogP contribution is 2.45. The van der Waals surface area contributed by atoms with Crippen LogP contribution in [-0.4, -0.2) is 96.7 Å². The van der Waals surface area contributed by atoms with E-state index in [2.05, 4.69) is 41.5 Å². The molecule has 0 bridgehead atoms. The van der Waals surface area contributed by atoms with Gasteiger partial charge in [-0.15, -0.1) is 0 Å². The predicted molar refractivity (Wildman–Crippen MR) is 381 cm³/mol. The smallest absolute Gasteiger partial charge is 0.462 e. The van der Waals surface area contributed by atoms with Gasteiger partial charge < -0.3 is 33.8 Å². The lowest BCUT2D eigenvalue weighted by atomic mass is 10.0. The molecular weight excluding hydrogens is 1230 g/mol. The second kappa shape index (κ2) is 66.9. The number of ether oxygens (including phenoxy) is 4. The number of hydrogen-bond donors (Lipinski definition) is 3. The van der Waals surface area contributed by atoms with Crippen LogP contribution in [-0.2, 0) is 65.4 Å². The maximum absolute atomic E-state index is 13.1. The number of phosphoric acid groups is 2. The molecule has 0 spiro atoms. The summed E-state index contributed by atoms with van der Waals surface area (Å²) in [7, 11) is -9.91. The number of rotatable bonds is 74. The van der Waals surface area contributed by atoms with Crippen molar-refractivity contribution in [3.63, 3.8) is 0 Å². The van der Waals surface area contributed by atoms with Crippen molar-refractivity contribution in [2.75, 3.05) is 39.6 Å². The van der Waals surface area contributed by atoms with Crippen LogP contribution < -0.4 is 0 Å². The molecule has 0 aromatic rings. The summed E-state index contributed by atoms with van der Waals surface area (Å²) in [5.41, 5.74) is 0. The highest BCUT2D eigenvalue weighted by molar-refractivity contribution is 7.47. The van der Waals surface area contributed by atoms with Gasteiger partial charge in [-0.2, -0.15) is 0 Å². The number of phosphoric ester groups is 2. The van der Waals surface area contributed by atoms with Crippen molar-refractivity contribution in [2.45, 2.75) is 407 Å². The summed E-state index contributed by atoms with van der Waals surface area (Å²) in [6, 6.07) is 0. The number of carbonyl (C=O) groups is 4. The van der Waals surface area contributed by atoms with E-state index in [0.29, 0.717) is 25.7 Å². The molecule has 17 nitrogen and oxygen atoms in total. The predicted octanol–water partition coefficient (Wildman–Crippen LogP) is 21.9. The maximum Gasteiger partial charge on any atom is 0.472 e. The Morgan fingerprint density at radius 2 is 0.489 bits per heavy atom. The van der Waals surface area contributed by atoms with Crippen molar-refractivity contribution in [1.29, 1.82) is 0 Å². The largest absolute Gasteiger partial charge is 0.472 e. The monoisotopic (exact) mass is 1380 g/mol. The van der Waals surface area contributed by atoms with E-state index in [4.69, 9.17) is 37.0 Å². The third-order valence-electron chi connectivity index (χ3n) is 17.5. The summed E-state index contributed by atoms with van der Waals surface area (Å²) in [5, 5.41) is 10.6. The van der Waals surface area contributed by atoms with Gasteiger partial charge in [-0.1, -0.05) is 337 Å². The van der Waals surface area contributed by atoms with E-state index in [1.54, 1.807) is 0 Å². The first-order chi connectivity index (χ1) is 45.4. The molecule has 0 aliphatic carbocycles. The fourth-order valence-corrected chi connectivity index (χ4v) is 13.1. The summed E-state index contributed by atoms with van der Waals surface area (Å²) >= 11 is 0. The van der Waals surface area contributed by atoms with E-state index >= 15 is 0 Å². The van der Waals surface area contributed by atoms with Gasteiger partial charge in [0.1, 0.15) is 19.3 Å². The van der Waals surface area contributed by atoms with Crippen molar-refractivity contribution >= 4 is 39.5 Å². The van der Waals surface area contributed by atoms with Crippen molar-refractivity contribution in [2.24, 2.45) is 11.8 Å². The van der Waals surface area contributed by atoms with Crippen LogP contribution in [0.3, 0.4) is 0 Å². The molecule has 0 aliphatic rings. The van der Waals surface area contributed by atoms with E-state index in [-0.39, 0.29) is 25.7 Å². The molecule has 558 valence electrons. The Hall–Kier alpha value is -1.94. The Labute approximate surface area is 575 Å². The number of aliphatic hydroxyl groups is 1. The quantitative estimate of drug-likeness (QED) is 0.0222. The summed E-state index contributed by atoms with van der Waals surface area (Å²) in [4.78, 5) is 72.7. The minimum Gasteiger partial charge on any atom is -0.462 e. The van der Waals surface area contributed by atoms with Crippen LogP contribution in [0.4, 0.5) is 0 Å². The molecule has 0 fully saturated rings. The van der Waals surface area contributed by atoms with Crippen LogP contribution in [0.25, 0.3) is 0 Å². The molecule has 0 aromatic heterocycles. The Kier molecular flexibility index (Phi) is 65.5. The molecule has 0 aliphatic heterocycles. The minimum absolute atomic E-state index is 0.107. The molecule has 94 heavy (non-hydrogen) atoms. The van der Waals surface area contributed by atoms with Crippen LogP contribution in [0, 0.1) is 11.8 Å². The normalized spacial score (nSPS) is 14.0. The minimum atomic E-state index is -4.95. The number of carbonyl (C=O) groups excluding carboxylic acids is 4. The fourth-order valence-electron chi connectivity index (χ4n) is 11.5. The molecule has 5 atom stereocenters. The van der Waals surface area contributed by atoms with Crippen molar-refractivity contribution in [3.05, 3.63) is 0 Å². The van der Waals surface area contributed by atoms with Gasteiger partial charge in [-0.3, -0.25) is 37.3 Å². The average molecular weight is 1380 g/mol. The lowest BCUT2D eigenvalue weighted by Crippen LogP contribution is -2.30. The third-order valence-corrected chi connectivity index (χ3v) is 19.4. The van der Waals surface area contributed by atoms with Gasteiger partial charge in [0, 0.05) is 25.7 Å². The molecule has 2 unspecified atom stereocenters. The van der Waals surface area contributed by atoms with Gasteiger partial charge >= 0.3 is 39.5 Å². The van der Waals surface area contributed by atoms with Crippen LogP contribution >= 0.6 is 15.6 Å².